The maximum Gasteiger partial charge on any atom is 0.243 e. The Labute approximate surface area is 120 Å². The van der Waals surface area contributed by atoms with Crippen molar-refractivity contribution in [1.82, 2.24) is 4.90 Å². The lowest BCUT2D eigenvalue weighted by Gasteiger charge is -2.38. The fraction of sp³-hybridized carbons (Fsp3) is 0.786. The van der Waals surface area contributed by atoms with E-state index in [1.165, 1.54) is 4.90 Å². The molecule has 2 N–H and O–H groups in total. The van der Waals surface area contributed by atoms with Crippen molar-refractivity contribution < 1.29 is 13.2 Å². The molecule has 5 nitrogen and oxygen atoms in total. The number of amides is 1. The summed E-state index contributed by atoms with van der Waals surface area (Å²) in [5, 5.41) is 0. The number of hydrogen-bond donors (Lipinski definition) is 1. The van der Waals surface area contributed by atoms with Crippen molar-refractivity contribution in [2.45, 2.75) is 50.1 Å². The molecule has 0 bridgehead atoms. The van der Waals surface area contributed by atoms with E-state index in [0.29, 0.717) is 19.3 Å². The molecule has 0 aromatic carbocycles. The first kappa shape index (κ1) is 15.3. The lowest BCUT2D eigenvalue weighted by atomic mass is 9.81. The molecular weight excluding hydrogens is 276 g/mol. The van der Waals surface area contributed by atoms with Crippen LogP contribution in [0.25, 0.3) is 0 Å². The average Bonchev–Trinajstić information content (AvgIpc) is 2.76. The Bertz CT molecular complexity index is 515. The van der Waals surface area contributed by atoms with Gasteiger partial charge in [0.2, 0.25) is 5.91 Å². The Kier molecular flexibility index (Phi) is 4.40. The Hall–Kier alpha value is -1.06. The van der Waals surface area contributed by atoms with Crippen LogP contribution >= 0.6 is 0 Å². The zero-order valence-electron chi connectivity index (χ0n) is 11.7. The highest BCUT2D eigenvalue weighted by Crippen LogP contribution is 2.29. The van der Waals surface area contributed by atoms with Crippen molar-refractivity contribution in [2.24, 2.45) is 5.73 Å². The zero-order valence-corrected chi connectivity index (χ0v) is 12.5. The summed E-state index contributed by atoms with van der Waals surface area (Å²) in [6.45, 7) is 0.137. The van der Waals surface area contributed by atoms with Crippen molar-refractivity contribution in [2.75, 3.05) is 18.1 Å². The van der Waals surface area contributed by atoms with Crippen molar-refractivity contribution in [3.63, 3.8) is 0 Å². The van der Waals surface area contributed by atoms with E-state index in [2.05, 4.69) is 5.92 Å². The Morgan fingerprint density at radius 3 is 2.50 bits per heavy atom. The van der Waals surface area contributed by atoms with E-state index < -0.39 is 15.4 Å². The minimum absolute atomic E-state index is 0.0104. The number of nitrogens with two attached hydrogens (primary N) is 1. The molecule has 0 radical (unpaired) electrons. The number of nitrogens with zero attached hydrogens (tertiary/aromatic N) is 1. The standard InChI is InChI=1S/C14H22N2O3S/c1-2-9-16(12-6-10-20(18,19)11-12)13(17)14(15)7-4-3-5-8-14/h1,12H,3-11,15H2. The number of carbonyl (C=O) groups is 1. The molecule has 1 saturated carbocycles. The van der Waals surface area contributed by atoms with Gasteiger partial charge in [0.25, 0.3) is 0 Å². The molecular formula is C14H22N2O3S. The van der Waals surface area contributed by atoms with Gasteiger partial charge in [-0.15, -0.1) is 6.42 Å². The second-order valence-corrected chi connectivity index (χ2v) is 8.14. The van der Waals surface area contributed by atoms with Gasteiger partial charge >= 0.3 is 0 Å². The van der Waals surface area contributed by atoms with Crippen LogP contribution < -0.4 is 5.73 Å². The lowest BCUT2D eigenvalue weighted by Crippen LogP contribution is -2.58. The normalized spacial score (nSPS) is 27.7. The predicted octanol–water partition coefficient (Wildman–Crippen LogP) is 0.297. The molecule has 2 fully saturated rings. The summed E-state index contributed by atoms with van der Waals surface area (Å²) >= 11 is 0. The number of carbonyl (C=O) groups excluding carboxylic acids is 1. The van der Waals surface area contributed by atoms with Crippen LogP contribution in [0.15, 0.2) is 0 Å². The molecule has 1 atom stereocenters. The van der Waals surface area contributed by atoms with Gasteiger partial charge in [0.15, 0.2) is 9.84 Å². The van der Waals surface area contributed by atoms with E-state index in [4.69, 9.17) is 12.2 Å². The molecule has 20 heavy (non-hydrogen) atoms. The van der Waals surface area contributed by atoms with Crippen molar-refractivity contribution in [1.29, 1.82) is 0 Å². The molecule has 1 aliphatic heterocycles. The predicted molar refractivity (Wildman–Crippen MR) is 77.6 cm³/mol. The van der Waals surface area contributed by atoms with Gasteiger partial charge in [-0.3, -0.25) is 4.79 Å². The fourth-order valence-electron chi connectivity index (χ4n) is 3.17. The monoisotopic (exact) mass is 298 g/mol. The Balaban J connectivity index is 2.16. The molecule has 2 rings (SSSR count). The van der Waals surface area contributed by atoms with Gasteiger partial charge in [-0.25, -0.2) is 8.42 Å². The number of sulfone groups is 1. The topological polar surface area (TPSA) is 80.5 Å². The summed E-state index contributed by atoms with van der Waals surface area (Å²) < 4.78 is 23.2. The molecule has 2 aliphatic rings. The van der Waals surface area contributed by atoms with Gasteiger partial charge in [0, 0.05) is 6.04 Å². The second-order valence-electron chi connectivity index (χ2n) is 5.91. The molecule has 1 heterocycles. The van der Waals surface area contributed by atoms with Gasteiger partial charge in [-0.1, -0.05) is 25.2 Å². The second kappa shape index (κ2) is 5.74. The van der Waals surface area contributed by atoms with Gasteiger partial charge in [-0.2, -0.15) is 0 Å². The Morgan fingerprint density at radius 2 is 2.00 bits per heavy atom. The quantitative estimate of drug-likeness (QED) is 0.760. The Morgan fingerprint density at radius 1 is 1.35 bits per heavy atom. The van der Waals surface area contributed by atoms with E-state index in [0.717, 1.165) is 19.3 Å². The van der Waals surface area contributed by atoms with Gasteiger partial charge < -0.3 is 10.6 Å². The lowest BCUT2D eigenvalue weighted by molar-refractivity contribution is -0.139. The minimum Gasteiger partial charge on any atom is -0.326 e. The maximum absolute atomic E-state index is 12.7. The molecule has 0 aromatic rings. The first-order valence-electron chi connectivity index (χ1n) is 7.12. The smallest absolute Gasteiger partial charge is 0.243 e. The van der Waals surface area contributed by atoms with Crippen LogP contribution in [0.5, 0.6) is 0 Å². The first-order valence-corrected chi connectivity index (χ1v) is 8.94. The number of hydrogen-bond acceptors (Lipinski definition) is 4. The molecule has 1 amide bonds. The third kappa shape index (κ3) is 3.15. The molecule has 0 spiro atoms. The van der Waals surface area contributed by atoms with E-state index >= 15 is 0 Å². The first-order chi connectivity index (χ1) is 9.38. The van der Waals surface area contributed by atoms with Crippen LogP contribution in [0.2, 0.25) is 0 Å². The number of terminal acetylenes is 1. The minimum atomic E-state index is -3.05. The van der Waals surface area contributed by atoms with Crippen LogP contribution in [-0.4, -0.2) is 48.9 Å². The van der Waals surface area contributed by atoms with Crippen LogP contribution in [0.1, 0.15) is 38.5 Å². The molecule has 1 unspecified atom stereocenters. The van der Waals surface area contributed by atoms with Gasteiger partial charge in [0.05, 0.1) is 23.6 Å². The molecule has 0 aromatic heterocycles. The highest BCUT2D eigenvalue weighted by Gasteiger charge is 2.42. The average molecular weight is 298 g/mol. The highest BCUT2D eigenvalue weighted by molar-refractivity contribution is 7.91. The van der Waals surface area contributed by atoms with Crippen molar-refractivity contribution >= 4 is 15.7 Å². The van der Waals surface area contributed by atoms with Crippen LogP contribution in [0.3, 0.4) is 0 Å². The van der Waals surface area contributed by atoms with Crippen LogP contribution in [0.4, 0.5) is 0 Å². The number of rotatable bonds is 3. The van der Waals surface area contributed by atoms with Crippen molar-refractivity contribution in [3.8, 4) is 12.3 Å². The molecule has 6 heteroatoms. The third-order valence-corrected chi connectivity index (χ3v) is 6.09. The zero-order chi connectivity index (χ0) is 14.8. The maximum atomic E-state index is 12.7. The van der Waals surface area contributed by atoms with Gasteiger partial charge in [0.1, 0.15) is 0 Å². The highest BCUT2D eigenvalue weighted by atomic mass is 32.2. The third-order valence-electron chi connectivity index (χ3n) is 4.34. The summed E-state index contributed by atoms with van der Waals surface area (Å²) in [5.74, 6) is 2.43. The van der Waals surface area contributed by atoms with E-state index in [1.54, 1.807) is 0 Å². The SMILES string of the molecule is C#CCN(C(=O)C1(N)CCCCC1)C1CCS(=O)(=O)C1. The largest absolute Gasteiger partial charge is 0.326 e. The van der Waals surface area contributed by atoms with Crippen molar-refractivity contribution in [3.05, 3.63) is 0 Å². The summed E-state index contributed by atoms with van der Waals surface area (Å²) in [4.78, 5) is 14.2. The molecule has 112 valence electrons. The van der Waals surface area contributed by atoms with E-state index in [1.807, 2.05) is 0 Å². The van der Waals surface area contributed by atoms with E-state index in [-0.39, 0.29) is 30.0 Å². The summed E-state index contributed by atoms with van der Waals surface area (Å²) in [6, 6.07) is -0.314. The summed E-state index contributed by atoms with van der Waals surface area (Å²) in [5.41, 5.74) is 5.40. The van der Waals surface area contributed by atoms with E-state index in [9.17, 15) is 13.2 Å². The van der Waals surface area contributed by atoms with Gasteiger partial charge in [-0.05, 0) is 19.3 Å². The summed E-state index contributed by atoms with van der Waals surface area (Å²) in [6.07, 6.45) is 10.1. The van der Waals surface area contributed by atoms with Crippen LogP contribution in [-0.2, 0) is 14.6 Å². The summed E-state index contributed by atoms with van der Waals surface area (Å²) in [7, 11) is -3.05. The molecule has 1 aliphatic carbocycles. The van der Waals surface area contributed by atoms with Crippen LogP contribution in [0, 0.1) is 12.3 Å². The molecule has 1 saturated heterocycles. The fourth-order valence-corrected chi connectivity index (χ4v) is 4.90.